The molecule has 3 rings (SSSR count). The average molecular weight is 375 g/mol. The van der Waals surface area contributed by atoms with E-state index in [-0.39, 0.29) is 23.1 Å². The van der Waals surface area contributed by atoms with Crippen molar-refractivity contribution in [3.63, 3.8) is 0 Å². The summed E-state index contributed by atoms with van der Waals surface area (Å²) < 4.78 is 7.43. The predicted octanol–water partition coefficient (Wildman–Crippen LogP) is 1.41. The second kappa shape index (κ2) is 8.56. The third-order valence-corrected chi connectivity index (χ3v) is 6.62. The van der Waals surface area contributed by atoms with E-state index in [0.717, 1.165) is 52.0 Å². The van der Waals surface area contributed by atoms with Crippen molar-refractivity contribution in [2.45, 2.75) is 36.0 Å². The van der Waals surface area contributed by atoms with Crippen LogP contribution < -0.4 is 10.6 Å². The second-order valence-electron chi connectivity index (χ2n) is 6.41. The standard InChI is InChI=1S/C16H26N4O2S.ClH/c1-23-15(5-11-22-12-6-15)13-18-14(21)16(3-8-17-9-4-16)20-10-2-7-19-20;/h2,7,10,17H,3-6,8-9,11-13H2,1H3,(H,18,21);1H. The normalized spacial score (nSPS) is 22.4. The van der Waals surface area contributed by atoms with Crippen LogP contribution in [0.15, 0.2) is 18.5 Å². The Labute approximate surface area is 153 Å². The highest BCUT2D eigenvalue weighted by Gasteiger charge is 2.43. The molecule has 0 radical (unpaired) electrons. The summed E-state index contributed by atoms with van der Waals surface area (Å²) in [4.78, 5) is 13.1. The van der Waals surface area contributed by atoms with Crippen LogP contribution in [0.3, 0.4) is 0 Å². The molecule has 2 aliphatic heterocycles. The van der Waals surface area contributed by atoms with Crippen LogP contribution in [-0.4, -0.2) is 59.5 Å². The Kier molecular flexibility index (Phi) is 6.98. The summed E-state index contributed by atoms with van der Waals surface area (Å²) in [5.74, 6) is 0.0996. The van der Waals surface area contributed by atoms with Crippen LogP contribution in [0.1, 0.15) is 25.7 Å². The maximum absolute atomic E-state index is 13.1. The lowest BCUT2D eigenvalue weighted by Gasteiger charge is -2.39. The Morgan fingerprint density at radius 1 is 1.33 bits per heavy atom. The first-order valence-corrected chi connectivity index (χ1v) is 9.55. The monoisotopic (exact) mass is 374 g/mol. The van der Waals surface area contributed by atoms with Gasteiger partial charge in [0.1, 0.15) is 5.54 Å². The minimum Gasteiger partial charge on any atom is -0.381 e. The van der Waals surface area contributed by atoms with E-state index < -0.39 is 5.54 Å². The number of hydrogen-bond acceptors (Lipinski definition) is 5. The van der Waals surface area contributed by atoms with Gasteiger partial charge in [-0.3, -0.25) is 9.48 Å². The molecule has 6 nitrogen and oxygen atoms in total. The summed E-state index contributed by atoms with van der Waals surface area (Å²) in [5, 5.41) is 10.9. The van der Waals surface area contributed by atoms with Crippen LogP contribution in [0.4, 0.5) is 0 Å². The predicted molar refractivity (Wildman–Crippen MR) is 98.9 cm³/mol. The molecule has 2 N–H and O–H groups in total. The molecule has 2 saturated heterocycles. The van der Waals surface area contributed by atoms with Crippen molar-refractivity contribution in [1.82, 2.24) is 20.4 Å². The number of thioether (sulfide) groups is 1. The Hall–Kier alpha value is -0.760. The summed E-state index contributed by atoms with van der Waals surface area (Å²) >= 11 is 1.85. The number of nitrogens with zero attached hydrogens (tertiary/aromatic N) is 2. The summed E-state index contributed by atoms with van der Waals surface area (Å²) in [7, 11) is 0. The zero-order valence-electron chi connectivity index (χ0n) is 14.1. The fourth-order valence-corrected chi connectivity index (χ4v) is 4.32. The van der Waals surface area contributed by atoms with Crippen molar-refractivity contribution >= 4 is 30.1 Å². The maximum atomic E-state index is 13.1. The van der Waals surface area contributed by atoms with Gasteiger partial charge in [-0.15, -0.1) is 12.4 Å². The number of rotatable bonds is 5. The lowest BCUT2D eigenvalue weighted by molar-refractivity contribution is -0.132. The van der Waals surface area contributed by atoms with Crippen LogP contribution in [0.2, 0.25) is 0 Å². The Balaban J connectivity index is 0.00000208. The van der Waals surface area contributed by atoms with Crippen LogP contribution in [-0.2, 0) is 15.1 Å². The average Bonchev–Trinajstić information content (AvgIpc) is 3.16. The van der Waals surface area contributed by atoms with Gasteiger partial charge in [0, 0.05) is 36.9 Å². The number of piperidine rings is 1. The van der Waals surface area contributed by atoms with E-state index in [4.69, 9.17) is 4.74 Å². The van der Waals surface area contributed by atoms with E-state index in [1.54, 1.807) is 6.20 Å². The molecule has 0 aromatic carbocycles. The van der Waals surface area contributed by atoms with Gasteiger partial charge in [-0.2, -0.15) is 16.9 Å². The zero-order valence-corrected chi connectivity index (χ0v) is 15.8. The molecule has 0 atom stereocenters. The number of nitrogens with one attached hydrogen (secondary N) is 2. The molecule has 0 spiro atoms. The highest BCUT2D eigenvalue weighted by molar-refractivity contribution is 8.00. The zero-order chi connectivity index (χ0) is 16.2. The number of amides is 1. The fraction of sp³-hybridized carbons (Fsp3) is 0.750. The highest BCUT2D eigenvalue weighted by atomic mass is 35.5. The third kappa shape index (κ3) is 3.90. The number of aromatic nitrogens is 2. The van der Waals surface area contributed by atoms with Crippen LogP contribution in [0.5, 0.6) is 0 Å². The topological polar surface area (TPSA) is 68.2 Å². The molecular formula is C16H27ClN4O2S. The molecule has 3 heterocycles. The number of halogens is 1. The molecule has 0 aliphatic carbocycles. The maximum Gasteiger partial charge on any atom is 0.248 e. The van der Waals surface area contributed by atoms with E-state index in [1.807, 2.05) is 28.7 Å². The largest absolute Gasteiger partial charge is 0.381 e. The highest BCUT2D eigenvalue weighted by Crippen LogP contribution is 2.34. The van der Waals surface area contributed by atoms with E-state index in [9.17, 15) is 4.79 Å². The summed E-state index contributed by atoms with van der Waals surface area (Å²) in [6.07, 6.45) is 9.31. The molecule has 8 heteroatoms. The molecule has 0 unspecified atom stereocenters. The van der Waals surface area contributed by atoms with Crippen molar-refractivity contribution < 1.29 is 9.53 Å². The molecule has 1 aromatic heterocycles. The van der Waals surface area contributed by atoms with Crippen LogP contribution in [0.25, 0.3) is 0 Å². The van der Waals surface area contributed by atoms with Crippen molar-refractivity contribution in [2.24, 2.45) is 0 Å². The van der Waals surface area contributed by atoms with E-state index in [1.165, 1.54) is 0 Å². The van der Waals surface area contributed by atoms with E-state index in [0.29, 0.717) is 6.54 Å². The second-order valence-corrected chi connectivity index (χ2v) is 7.69. The van der Waals surface area contributed by atoms with E-state index >= 15 is 0 Å². The van der Waals surface area contributed by atoms with Gasteiger partial charge in [0.2, 0.25) is 5.91 Å². The van der Waals surface area contributed by atoms with Gasteiger partial charge in [0.25, 0.3) is 0 Å². The lowest BCUT2D eigenvalue weighted by Crippen LogP contribution is -2.56. The van der Waals surface area contributed by atoms with Crippen molar-refractivity contribution in [3.8, 4) is 0 Å². The number of ether oxygens (including phenoxy) is 1. The van der Waals surface area contributed by atoms with Gasteiger partial charge in [-0.25, -0.2) is 0 Å². The van der Waals surface area contributed by atoms with E-state index in [2.05, 4.69) is 22.0 Å². The smallest absolute Gasteiger partial charge is 0.248 e. The van der Waals surface area contributed by atoms with Crippen molar-refractivity contribution in [1.29, 1.82) is 0 Å². The van der Waals surface area contributed by atoms with Crippen LogP contribution >= 0.6 is 24.2 Å². The van der Waals surface area contributed by atoms with Gasteiger partial charge < -0.3 is 15.4 Å². The third-order valence-electron chi connectivity index (χ3n) is 5.20. The van der Waals surface area contributed by atoms with Crippen LogP contribution in [0, 0.1) is 0 Å². The SMILES string of the molecule is CSC1(CNC(=O)C2(n3cccn3)CCNCC2)CCOCC1.Cl. The Bertz CT molecular complexity index is 514. The first-order valence-electron chi connectivity index (χ1n) is 8.33. The summed E-state index contributed by atoms with van der Waals surface area (Å²) in [6.45, 7) is 3.95. The number of carbonyl (C=O) groups excluding carboxylic acids is 1. The molecule has 1 amide bonds. The summed E-state index contributed by atoms with van der Waals surface area (Å²) in [6, 6.07) is 1.89. The molecule has 2 fully saturated rings. The van der Waals surface area contributed by atoms with Crippen molar-refractivity contribution in [2.75, 3.05) is 39.1 Å². The molecule has 24 heavy (non-hydrogen) atoms. The van der Waals surface area contributed by atoms with Gasteiger partial charge in [-0.05, 0) is 51.1 Å². The van der Waals surface area contributed by atoms with Gasteiger partial charge in [0.15, 0.2) is 0 Å². The molecule has 0 bridgehead atoms. The minimum absolute atomic E-state index is 0. The molecular weight excluding hydrogens is 348 g/mol. The van der Waals surface area contributed by atoms with Crippen molar-refractivity contribution in [3.05, 3.63) is 18.5 Å². The first-order chi connectivity index (χ1) is 11.2. The molecule has 2 aliphatic rings. The fourth-order valence-electron chi connectivity index (χ4n) is 3.52. The van der Waals surface area contributed by atoms with Gasteiger partial charge in [-0.1, -0.05) is 0 Å². The molecule has 0 saturated carbocycles. The minimum atomic E-state index is -0.556. The number of hydrogen-bond donors (Lipinski definition) is 2. The quantitative estimate of drug-likeness (QED) is 0.815. The van der Waals surface area contributed by atoms with Gasteiger partial charge in [0.05, 0.1) is 0 Å². The first kappa shape index (κ1) is 19.6. The summed E-state index contributed by atoms with van der Waals surface area (Å²) in [5.41, 5.74) is -0.556. The Morgan fingerprint density at radius 3 is 2.62 bits per heavy atom. The molecule has 1 aromatic rings. The lowest BCUT2D eigenvalue weighted by atomic mass is 9.87. The Morgan fingerprint density at radius 2 is 2.04 bits per heavy atom. The van der Waals surface area contributed by atoms with Gasteiger partial charge >= 0.3 is 0 Å². The number of carbonyl (C=O) groups is 1. The molecule has 136 valence electrons.